The fourth-order valence-corrected chi connectivity index (χ4v) is 2.23. The maximum absolute atomic E-state index is 3.56. The van der Waals surface area contributed by atoms with E-state index < -0.39 is 0 Å². The Kier molecular flexibility index (Phi) is 4.88. The van der Waals surface area contributed by atoms with Gasteiger partial charge < -0.3 is 0 Å². The zero-order valence-corrected chi connectivity index (χ0v) is 11.8. The van der Waals surface area contributed by atoms with Gasteiger partial charge in [0, 0.05) is 10.8 Å². The van der Waals surface area contributed by atoms with E-state index >= 15 is 0 Å². The number of nitrogens with one attached hydrogen (secondary N) is 1. The fraction of sp³-hybridized carbons (Fsp3) is 0.571. The number of aryl methyl sites for hydroxylation is 1. The van der Waals surface area contributed by atoms with Gasteiger partial charge in [0.2, 0.25) is 0 Å². The Labute approximate surface area is 104 Å². The molecule has 1 N–H and O–H groups in total. The Morgan fingerprint density at radius 2 is 1.75 bits per heavy atom. The molecule has 1 aromatic rings. The molecule has 0 saturated heterocycles. The Bertz CT molecular complexity index is 311. The van der Waals surface area contributed by atoms with Gasteiger partial charge in [-0.1, -0.05) is 48.7 Å². The van der Waals surface area contributed by atoms with E-state index in [1.165, 1.54) is 11.1 Å². The second-order valence-electron chi connectivity index (χ2n) is 5.20. The van der Waals surface area contributed by atoms with Crippen molar-refractivity contribution in [3.8, 4) is 0 Å². The minimum atomic E-state index is 0.262. The quantitative estimate of drug-likeness (QED) is 0.775. The molecule has 0 aliphatic carbocycles. The molecule has 0 fully saturated rings. The van der Waals surface area contributed by atoms with Crippen molar-refractivity contribution in [3.05, 3.63) is 35.4 Å². The van der Waals surface area contributed by atoms with E-state index in [4.69, 9.17) is 0 Å². The third-order valence-corrected chi connectivity index (χ3v) is 3.41. The lowest BCUT2D eigenvalue weighted by molar-refractivity contribution is 0.642. The van der Waals surface area contributed by atoms with Crippen LogP contribution in [0, 0.1) is 6.92 Å². The largest absolute Gasteiger partial charge is 0.256 e. The molecule has 0 bridgehead atoms. The van der Waals surface area contributed by atoms with Crippen molar-refractivity contribution < 1.29 is 0 Å². The van der Waals surface area contributed by atoms with Gasteiger partial charge in [0.1, 0.15) is 0 Å². The number of hydrogen-bond donors (Lipinski definition) is 1. The molecule has 0 amide bonds. The molecule has 1 rings (SSSR count). The molecule has 1 atom stereocenters. The summed E-state index contributed by atoms with van der Waals surface area (Å²) in [4.78, 5) is 0. The predicted octanol–water partition coefficient (Wildman–Crippen LogP) is 4.48. The Morgan fingerprint density at radius 3 is 2.19 bits per heavy atom. The summed E-state index contributed by atoms with van der Waals surface area (Å²) in [6, 6.07) is 9.26. The van der Waals surface area contributed by atoms with Crippen molar-refractivity contribution >= 4 is 11.9 Å². The Balaban J connectivity index is 2.64. The monoisotopic (exact) mass is 237 g/mol. The summed E-state index contributed by atoms with van der Waals surface area (Å²) < 4.78 is 3.82. The smallest absolute Gasteiger partial charge is 0.0419 e. The highest BCUT2D eigenvalue weighted by Gasteiger charge is 2.15. The van der Waals surface area contributed by atoms with Gasteiger partial charge in [-0.2, -0.15) is 0 Å². The molecule has 0 aromatic heterocycles. The van der Waals surface area contributed by atoms with Crippen molar-refractivity contribution in [1.29, 1.82) is 0 Å². The van der Waals surface area contributed by atoms with Gasteiger partial charge in [0.15, 0.2) is 0 Å². The minimum Gasteiger partial charge on any atom is -0.256 e. The molecule has 90 valence electrons. The van der Waals surface area contributed by atoms with E-state index in [0.717, 1.165) is 6.42 Å². The molecule has 2 heteroatoms. The fourth-order valence-electron chi connectivity index (χ4n) is 1.43. The SMILES string of the molecule is CCC(NSC(C)(C)C)c1ccc(C)cc1. The van der Waals surface area contributed by atoms with Crippen LogP contribution in [0.5, 0.6) is 0 Å². The highest BCUT2D eigenvalue weighted by molar-refractivity contribution is 7.98. The molecule has 0 spiro atoms. The van der Waals surface area contributed by atoms with Crippen molar-refractivity contribution in [2.45, 2.75) is 51.8 Å². The molecule has 0 aliphatic heterocycles. The van der Waals surface area contributed by atoms with Crippen LogP contribution in [0.2, 0.25) is 0 Å². The van der Waals surface area contributed by atoms with E-state index in [0.29, 0.717) is 6.04 Å². The van der Waals surface area contributed by atoms with Gasteiger partial charge in [0.05, 0.1) is 0 Å². The molecule has 16 heavy (non-hydrogen) atoms. The summed E-state index contributed by atoms with van der Waals surface area (Å²) in [6.07, 6.45) is 1.12. The van der Waals surface area contributed by atoms with Gasteiger partial charge in [-0.05, 0) is 39.7 Å². The van der Waals surface area contributed by atoms with Crippen LogP contribution in [-0.4, -0.2) is 4.75 Å². The highest BCUT2D eigenvalue weighted by Crippen LogP contribution is 2.26. The first-order chi connectivity index (χ1) is 7.42. The van der Waals surface area contributed by atoms with Crippen LogP contribution in [0.4, 0.5) is 0 Å². The number of benzene rings is 1. The lowest BCUT2D eigenvalue weighted by Crippen LogP contribution is -2.21. The van der Waals surface area contributed by atoms with Gasteiger partial charge in [-0.25, -0.2) is 0 Å². The molecule has 0 heterocycles. The number of rotatable bonds is 4. The lowest BCUT2D eigenvalue weighted by atomic mass is 10.0. The van der Waals surface area contributed by atoms with Crippen LogP contribution < -0.4 is 4.72 Å². The summed E-state index contributed by atoms with van der Waals surface area (Å²) in [5.74, 6) is 0. The molecule has 1 nitrogen and oxygen atoms in total. The minimum absolute atomic E-state index is 0.262. The van der Waals surface area contributed by atoms with E-state index in [1.54, 1.807) is 0 Å². The normalized spacial score (nSPS) is 13.8. The topological polar surface area (TPSA) is 12.0 Å². The third-order valence-electron chi connectivity index (χ3n) is 2.40. The van der Waals surface area contributed by atoms with E-state index in [2.05, 4.69) is 63.6 Å². The second kappa shape index (κ2) is 5.74. The molecule has 0 aliphatic rings. The molecule has 0 saturated carbocycles. The van der Waals surface area contributed by atoms with Crippen molar-refractivity contribution in [2.24, 2.45) is 0 Å². The highest BCUT2D eigenvalue weighted by atomic mass is 32.2. The van der Waals surface area contributed by atoms with Crippen molar-refractivity contribution in [2.75, 3.05) is 0 Å². The summed E-state index contributed by atoms with van der Waals surface area (Å²) in [7, 11) is 0. The van der Waals surface area contributed by atoms with E-state index in [1.807, 2.05) is 11.9 Å². The van der Waals surface area contributed by atoms with Gasteiger partial charge in [0.25, 0.3) is 0 Å². The van der Waals surface area contributed by atoms with Crippen molar-refractivity contribution in [3.63, 3.8) is 0 Å². The van der Waals surface area contributed by atoms with E-state index in [9.17, 15) is 0 Å². The van der Waals surface area contributed by atoms with Gasteiger partial charge >= 0.3 is 0 Å². The summed E-state index contributed by atoms with van der Waals surface area (Å²) in [5.41, 5.74) is 2.70. The first-order valence-electron chi connectivity index (χ1n) is 5.92. The standard InChI is InChI=1S/C14H23NS/c1-6-13(15-16-14(3,4)5)12-9-7-11(2)8-10-12/h7-10,13,15H,6H2,1-5H3. The van der Waals surface area contributed by atoms with E-state index in [-0.39, 0.29) is 4.75 Å². The lowest BCUT2D eigenvalue weighted by Gasteiger charge is -2.23. The van der Waals surface area contributed by atoms with Crippen LogP contribution in [0.25, 0.3) is 0 Å². The molecule has 1 aromatic carbocycles. The zero-order chi connectivity index (χ0) is 12.2. The zero-order valence-electron chi connectivity index (χ0n) is 11.0. The summed E-state index contributed by atoms with van der Waals surface area (Å²) in [6.45, 7) is 11.0. The first kappa shape index (κ1) is 13.6. The molecular weight excluding hydrogens is 214 g/mol. The molecular formula is C14H23NS. The van der Waals surface area contributed by atoms with Crippen LogP contribution in [0.1, 0.15) is 51.3 Å². The third kappa shape index (κ3) is 4.58. The molecule has 1 unspecified atom stereocenters. The van der Waals surface area contributed by atoms with Crippen LogP contribution in [-0.2, 0) is 0 Å². The summed E-state index contributed by atoms with van der Waals surface area (Å²) >= 11 is 1.82. The Hall–Kier alpha value is -0.470. The predicted molar refractivity (Wildman–Crippen MR) is 74.7 cm³/mol. The molecule has 0 radical (unpaired) electrons. The summed E-state index contributed by atoms with van der Waals surface area (Å²) in [5, 5.41) is 0. The van der Waals surface area contributed by atoms with Crippen LogP contribution >= 0.6 is 11.9 Å². The van der Waals surface area contributed by atoms with Crippen LogP contribution in [0.15, 0.2) is 24.3 Å². The van der Waals surface area contributed by atoms with Gasteiger partial charge in [-0.15, -0.1) is 0 Å². The first-order valence-corrected chi connectivity index (χ1v) is 6.74. The van der Waals surface area contributed by atoms with Crippen molar-refractivity contribution in [1.82, 2.24) is 4.72 Å². The average Bonchev–Trinajstić information content (AvgIpc) is 2.20. The maximum Gasteiger partial charge on any atom is 0.0419 e. The number of hydrogen-bond acceptors (Lipinski definition) is 2. The average molecular weight is 237 g/mol. The second-order valence-corrected chi connectivity index (χ2v) is 6.87. The van der Waals surface area contributed by atoms with Crippen LogP contribution in [0.3, 0.4) is 0 Å². The Morgan fingerprint density at radius 1 is 1.19 bits per heavy atom. The maximum atomic E-state index is 3.56. The van der Waals surface area contributed by atoms with Gasteiger partial charge in [-0.3, -0.25) is 4.72 Å².